The van der Waals surface area contributed by atoms with Gasteiger partial charge in [-0.2, -0.15) is 0 Å². The van der Waals surface area contributed by atoms with Crippen LogP contribution in [0.1, 0.15) is 85.5 Å². The standard InChI is InChI=1S/C25H40O5/c1-5-6-14(2)16-7-8-17-21-18(11-20(28)24(16,17)4)23(3)10-9-15(26)12-25(23,22(29)30)13-19(21)27/h14-18,20-21,26,28H,5-13H2,1-4H3,(H,29,30)/t14-,15-,16-,17+,18+,20+,21+,23-,24-,25?/m1/s1. The molecule has 0 aromatic heterocycles. The third kappa shape index (κ3) is 2.73. The highest BCUT2D eigenvalue weighted by molar-refractivity contribution is 5.91. The van der Waals surface area contributed by atoms with Gasteiger partial charge in [-0.15, -0.1) is 0 Å². The SMILES string of the molecule is CCC[C@@H](C)[C@H]1CC[C@H]2[C@@H]3C(=O)CC4(C(=O)O)C[C@H](O)CC[C@]4(C)[C@H]3C[C@H](O)[C@]12C. The molecule has 0 aliphatic heterocycles. The van der Waals surface area contributed by atoms with E-state index in [9.17, 15) is 24.9 Å². The molecule has 4 fully saturated rings. The number of carbonyl (C=O) groups excluding carboxylic acids is 1. The van der Waals surface area contributed by atoms with Crippen LogP contribution < -0.4 is 0 Å². The van der Waals surface area contributed by atoms with Crippen molar-refractivity contribution in [2.24, 2.45) is 45.8 Å². The Labute approximate surface area is 180 Å². The van der Waals surface area contributed by atoms with E-state index in [0.717, 1.165) is 25.7 Å². The number of rotatable bonds is 4. The fraction of sp³-hybridized carbons (Fsp3) is 0.920. The highest BCUT2D eigenvalue weighted by Gasteiger charge is 2.71. The first-order valence-corrected chi connectivity index (χ1v) is 12.1. The van der Waals surface area contributed by atoms with Gasteiger partial charge in [0.1, 0.15) is 5.78 Å². The van der Waals surface area contributed by atoms with Crippen molar-refractivity contribution in [3.05, 3.63) is 0 Å². The second-order valence-electron chi connectivity index (χ2n) is 11.7. The number of carbonyl (C=O) groups is 2. The van der Waals surface area contributed by atoms with Crippen LogP contribution in [0.5, 0.6) is 0 Å². The van der Waals surface area contributed by atoms with Gasteiger partial charge in [-0.3, -0.25) is 9.59 Å². The molecular weight excluding hydrogens is 380 g/mol. The summed E-state index contributed by atoms with van der Waals surface area (Å²) < 4.78 is 0. The van der Waals surface area contributed by atoms with Crippen LogP contribution >= 0.6 is 0 Å². The number of aliphatic hydroxyl groups excluding tert-OH is 2. The van der Waals surface area contributed by atoms with Crippen molar-refractivity contribution < 1.29 is 24.9 Å². The number of aliphatic carboxylic acids is 1. The summed E-state index contributed by atoms with van der Waals surface area (Å²) in [6.07, 6.45) is 5.00. The lowest BCUT2D eigenvalue weighted by Crippen LogP contribution is -2.66. The molecule has 0 saturated heterocycles. The van der Waals surface area contributed by atoms with Crippen LogP contribution in [-0.2, 0) is 9.59 Å². The third-order valence-electron chi connectivity index (χ3n) is 10.6. The van der Waals surface area contributed by atoms with E-state index in [1.807, 2.05) is 6.92 Å². The van der Waals surface area contributed by atoms with Gasteiger partial charge in [0.25, 0.3) is 0 Å². The van der Waals surface area contributed by atoms with E-state index in [0.29, 0.717) is 31.1 Å². The number of Topliss-reactive ketones (excluding diaryl/α,β-unsaturated/α-hetero) is 1. The molecule has 10 atom stereocenters. The number of aliphatic hydroxyl groups is 2. The van der Waals surface area contributed by atoms with E-state index >= 15 is 0 Å². The van der Waals surface area contributed by atoms with Gasteiger partial charge in [0.05, 0.1) is 17.6 Å². The van der Waals surface area contributed by atoms with E-state index in [-0.39, 0.29) is 41.8 Å². The molecule has 4 rings (SSSR count). The number of hydrogen-bond acceptors (Lipinski definition) is 4. The Balaban J connectivity index is 1.75. The second kappa shape index (κ2) is 7.30. The van der Waals surface area contributed by atoms with Crippen molar-refractivity contribution in [3.8, 4) is 0 Å². The zero-order chi connectivity index (χ0) is 22.1. The molecule has 5 nitrogen and oxygen atoms in total. The maximum Gasteiger partial charge on any atom is 0.310 e. The highest BCUT2D eigenvalue weighted by Crippen LogP contribution is 2.70. The fourth-order valence-corrected chi connectivity index (χ4v) is 8.98. The molecule has 1 unspecified atom stereocenters. The molecule has 170 valence electrons. The predicted octanol–water partition coefficient (Wildman–Crippen LogP) is 4.05. The lowest BCUT2D eigenvalue weighted by atomic mass is 9.39. The van der Waals surface area contributed by atoms with Crippen LogP contribution in [0.15, 0.2) is 0 Å². The van der Waals surface area contributed by atoms with E-state index in [1.165, 1.54) is 0 Å². The summed E-state index contributed by atoms with van der Waals surface area (Å²) in [5.41, 5.74) is -2.03. The van der Waals surface area contributed by atoms with Crippen molar-refractivity contribution >= 4 is 11.8 Å². The Hall–Kier alpha value is -0.940. The number of ketones is 1. The fourth-order valence-electron chi connectivity index (χ4n) is 8.98. The molecule has 0 radical (unpaired) electrons. The summed E-state index contributed by atoms with van der Waals surface area (Å²) >= 11 is 0. The summed E-state index contributed by atoms with van der Waals surface area (Å²) in [5.74, 6) is -0.0639. The van der Waals surface area contributed by atoms with Gasteiger partial charge in [-0.05, 0) is 67.6 Å². The van der Waals surface area contributed by atoms with Crippen molar-refractivity contribution in [3.63, 3.8) is 0 Å². The van der Waals surface area contributed by atoms with Crippen LogP contribution in [0.4, 0.5) is 0 Å². The van der Waals surface area contributed by atoms with Gasteiger partial charge in [-0.1, -0.05) is 40.5 Å². The zero-order valence-electron chi connectivity index (χ0n) is 19.1. The number of fused-ring (bicyclic) bond motifs is 5. The summed E-state index contributed by atoms with van der Waals surface area (Å²) in [5, 5.41) is 32.1. The molecule has 0 amide bonds. The van der Waals surface area contributed by atoms with E-state index < -0.39 is 29.0 Å². The largest absolute Gasteiger partial charge is 0.481 e. The Morgan fingerprint density at radius 1 is 1.17 bits per heavy atom. The average Bonchev–Trinajstić information content (AvgIpc) is 3.02. The van der Waals surface area contributed by atoms with Crippen molar-refractivity contribution in [2.45, 2.75) is 97.7 Å². The predicted molar refractivity (Wildman–Crippen MR) is 114 cm³/mol. The molecule has 0 bridgehead atoms. The van der Waals surface area contributed by atoms with Gasteiger partial charge in [0.2, 0.25) is 0 Å². The van der Waals surface area contributed by atoms with E-state index in [4.69, 9.17) is 0 Å². The Kier molecular flexibility index (Phi) is 5.42. The minimum atomic E-state index is -1.20. The van der Waals surface area contributed by atoms with Gasteiger partial charge in [0, 0.05) is 17.8 Å². The zero-order valence-corrected chi connectivity index (χ0v) is 19.1. The Morgan fingerprint density at radius 3 is 2.50 bits per heavy atom. The van der Waals surface area contributed by atoms with Crippen LogP contribution in [-0.4, -0.2) is 39.3 Å². The van der Waals surface area contributed by atoms with Crippen LogP contribution in [0.2, 0.25) is 0 Å². The lowest BCUT2D eigenvalue weighted by Gasteiger charge is -2.64. The summed E-state index contributed by atoms with van der Waals surface area (Å²) in [6, 6.07) is 0. The average molecular weight is 421 g/mol. The summed E-state index contributed by atoms with van der Waals surface area (Å²) in [4.78, 5) is 26.2. The van der Waals surface area contributed by atoms with Gasteiger partial charge in [-0.25, -0.2) is 0 Å². The maximum atomic E-state index is 13.6. The van der Waals surface area contributed by atoms with Crippen LogP contribution in [0, 0.1) is 45.8 Å². The minimum absolute atomic E-state index is 0.0366. The first-order valence-electron chi connectivity index (χ1n) is 12.1. The highest BCUT2D eigenvalue weighted by atomic mass is 16.4. The first kappa shape index (κ1) is 22.3. The molecule has 0 heterocycles. The number of hydrogen-bond donors (Lipinski definition) is 3. The van der Waals surface area contributed by atoms with Crippen molar-refractivity contribution in [1.29, 1.82) is 0 Å². The molecule has 0 aromatic rings. The normalized spacial score (nSPS) is 51.6. The maximum absolute atomic E-state index is 13.6. The Bertz CT molecular complexity index is 720. The van der Waals surface area contributed by atoms with Gasteiger partial charge in [0.15, 0.2) is 0 Å². The van der Waals surface area contributed by atoms with Crippen LogP contribution in [0.25, 0.3) is 0 Å². The van der Waals surface area contributed by atoms with Gasteiger partial charge < -0.3 is 15.3 Å². The van der Waals surface area contributed by atoms with Crippen LogP contribution in [0.3, 0.4) is 0 Å². The molecule has 4 saturated carbocycles. The molecule has 4 aliphatic carbocycles. The molecule has 30 heavy (non-hydrogen) atoms. The summed E-state index contributed by atoms with van der Waals surface area (Å²) in [6.45, 7) is 8.75. The van der Waals surface area contributed by atoms with E-state index in [1.54, 1.807) is 0 Å². The smallest absolute Gasteiger partial charge is 0.310 e. The van der Waals surface area contributed by atoms with E-state index in [2.05, 4.69) is 20.8 Å². The minimum Gasteiger partial charge on any atom is -0.481 e. The molecule has 4 aliphatic rings. The summed E-state index contributed by atoms with van der Waals surface area (Å²) in [7, 11) is 0. The number of carboxylic acid groups (broad SMARTS) is 1. The topological polar surface area (TPSA) is 94.8 Å². The molecule has 5 heteroatoms. The molecular formula is C25H40O5. The quantitative estimate of drug-likeness (QED) is 0.638. The van der Waals surface area contributed by atoms with Gasteiger partial charge >= 0.3 is 5.97 Å². The molecule has 0 aromatic carbocycles. The van der Waals surface area contributed by atoms with Crippen molar-refractivity contribution in [2.75, 3.05) is 0 Å². The number of carboxylic acids is 1. The monoisotopic (exact) mass is 420 g/mol. The Morgan fingerprint density at radius 2 is 1.87 bits per heavy atom. The second-order valence-corrected chi connectivity index (χ2v) is 11.7. The molecule has 0 spiro atoms. The lowest BCUT2D eigenvalue weighted by molar-refractivity contribution is -0.214. The third-order valence-corrected chi connectivity index (χ3v) is 10.6. The first-order chi connectivity index (χ1) is 14.0. The van der Waals surface area contributed by atoms with Crippen molar-refractivity contribution in [1.82, 2.24) is 0 Å². The molecule has 3 N–H and O–H groups in total.